The van der Waals surface area contributed by atoms with E-state index in [4.69, 9.17) is 15.6 Å². The second-order valence-electron chi connectivity index (χ2n) is 6.25. The Morgan fingerprint density at radius 1 is 0.957 bits per heavy atom. The highest BCUT2D eigenvalue weighted by atomic mass is 16.5. The van der Waals surface area contributed by atoms with Gasteiger partial charge in [0.1, 0.15) is 11.5 Å². The van der Waals surface area contributed by atoms with E-state index < -0.39 is 11.9 Å². The van der Waals surface area contributed by atoms with Crippen molar-refractivity contribution in [1.82, 2.24) is 0 Å². The second-order valence-corrected chi connectivity index (χ2v) is 6.25. The van der Waals surface area contributed by atoms with Crippen LogP contribution in [-0.4, -0.2) is 17.0 Å². The fourth-order valence-corrected chi connectivity index (χ4v) is 2.14. The Hall–Kier alpha value is -2.82. The van der Waals surface area contributed by atoms with Crippen LogP contribution in [0.2, 0.25) is 0 Å². The summed E-state index contributed by atoms with van der Waals surface area (Å²) in [4.78, 5) is 22.5. The summed E-state index contributed by atoms with van der Waals surface area (Å²) < 4.78 is 5.66. The number of carbonyl (C=O) groups is 2. The lowest BCUT2D eigenvalue weighted by atomic mass is 9.87. The van der Waals surface area contributed by atoms with Gasteiger partial charge in [0.25, 0.3) is 0 Å². The average molecular weight is 313 g/mol. The summed E-state index contributed by atoms with van der Waals surface area (Å²) in [5, 5.41) is 9.17. The van der Waals surface area contributed by atoms with Crippen LogP contribution in [0.4, 0.5) is 0 Å². The molecule has 0 aliphatic carbocycles. The third-order valence-electron chi connectivity index (χ3n) is 3.44. The number of carboxylic acid groups (broad SMARTS) is 1. The van der Waals surface area contributed by atoms with Gasteiger partial charge in [-0.2, -0.15) is 0 Å². The van der Waals surface area contributed by atoms with Gasteiger partial charge in [0.05, 0.1) is 11.1 Å². The highest BCUT2D eigenvalue weighted by Gasteiger charge is 2.16. The molecule has 0 saturated carbocycles. The second kappa shape index (κ2) is 6.12. The Balaban J connectivity index is 2.28. The molecule has 0 aliphatic rings. The van der Waals surface area contributed by atoms with Crippen molar-refractivity contribution in [3.05, 3.63) is 59.2 Å². The van der Waals surface area contributed by atoms with E-state index in [1.807, 2.05) is 24.3 Å². The van der Waals surface area contributed by atoms with Gasteiger partial charge in [-0.05, 0) is 41.3 Å². The van der Waals surface area contributed by atoms with Crippen molar-refractivity contribution in [1.29, 1.82) is 0 Å². The van der Waals surface area contributed by atoms with Gasteiger partial charge in [-0.1, -0.05) is 32.9 Å². The third kappa shape index (κ3) is 3.88. The van der Waals surface area contributed by atoms with E-state index in [9.17, 15) is 9.59 Å². The molecule has 0 aromatic heterocycles. The first kappa shape index (κ1) is 16.5. The molecule has 5 nitrogen and oxygen atoms in total. The van der Waals surface area contributed by atoms with Crippen LogP contribution in [-0.2, 0) is 5.41 Å². The molecule has 0 radical (unpaired) electrons. The zero-order chi connectivity index (χ0) is 17.2. The predicted octanol–water partition coefficient (Wildman–Crippen LogP) is 3.57. The van der Waals surface area contributed by atoms with Crippen molar-refractivity contribution in [2.45, 2.75) is 26.2 Å². The van der Waals surface area contributed by atoms with Crippen LogP contribution < -0.4 is 10.5 Å². The summed E-state index contributed by atoms with van der Waals surface area (Å²) in [5.41, 5.74) is 6.15. The first-order valence-corrected chi connectivity index (χ1v) is 7.14. The largest absolute Gasteiger partial charge is 0.478 e. The number of rotatable bonds is 4. The average Bonchev–Trinajstić information content (AvgIpc) is 2.46. The van der Waals surface area contributed by atoms with Gasteiger partial charge in [-0.25, -0.2) is 4.79 Å². The summed E-state index contributed by atoms with van der Waals surface area (Å²) in [6, 6.07) is 11.7. The van der Waals surface area contributed by atoms with Gasteiger partial charge in [0, 0.05) is 0 Å². The lowest BCUT2D eigenvalue weighted by Gasteiger charge is -2.19. The molecule has 120 valence electrons. The monoisotopic (exact) mass is 313 g/mol. The Bertz CT molecular complexity index is 743. The minimum atomic E-state index is -1.23. The molecular formula is C18H19NO4. The zero-order valence-electron chi connectivity index (χ0n) is 13.3. The number of aromatic carboxylic acids is 1. The first-order valence-electron chi connectivity index (χ1n) is 7.14. The van der Waals surface area contributed by atoms with Crippen LogP contribution in [0, 0.1) is 0 Å². The summed E-state index contributed by atoms with van der Waals surface area (Å²) in [7, 11) is 0. The Labute approximate surface area is 134 Å². The standard InChI is InChI=1S/C18H19NO4/c1-18(2,3)11-4-6-12(7-5-11)23-13-8-9-14(16(19)20)15(10-13)17(21)22/h4-10H,1-3H3,(H2,19,20)(H,21,22). The van der Waals surface area contributed by atoms with Crippen LogP contribution in [0.5, 0.6) is 11.5 Å². The summed E-state index contributed by atoms with van der Waals surface area (Å²) >= 11 is 0. The highest BCUT2D eigenvalue weighted by molar-refractivity contribution is 6.04. The molecule has 0 spiro atoms. The van der Waals surface area contributed by atoms with Gasteiger partial charge >= 0.3 is 5.97 Å². The quantitative estimate of drug-likeness (QED) is 0.903. The van der Waals surface area contributed by atoms with Crippen molar-refractivity contribution < 1.29 is 19.4 Å². The number of hydrogen-bond donors (Lipinski definition) is 2. The van der Waals surface area contributed by atoms with E-state index in [2.05, 4.69) is 20.8 Å². The minimum Gasteiger partial charge on any atom is -0.478 e. The molecule has 0 fully saturated rings. The smallest absolute Gasteiger partial charge is 0.336 e. The molecule has 2 rings (SSSR count). The maximum absolute atomic E-state index is 11.2. The molecule has 5 heteroatoms. The number of ether oxygens (including phenoxy) is 1. The van der Waals surface area contributed by atoms with Gasteiger partial charge in [0.15, 0.2) is 0 Å². The van der Waals surface area contributed by atoms with Crippen LogP contribution in [0.25, 0.3) is 0 Å². The molecule has 0 bridgehead atoms. The highest BCUT2D eigenvalue weighted by Crippen LogP contribution is 2.28. The van der Waals surface area contributed by atoms with Crippen LogP contribution in [0.3, 0.4) is 0 Å². The van der Waals surface area contributed by atoms with Crippen molar-refractivity contribution in [2.75, 3.05) is 0 Å². The van der Waals surface area contributed by atoms with E-state index in [1.54, 1.807) is 0 Å². The van der Waals surface area contributed by atoms with Gasteiger partial charge in [-0.15, -0.1) is 0 Å². The van der Waals surface area contributed by atoms with Crippen molar-refractivity contribution >= 4 is 11.9 Å². The molecule has 23 heavy (non-hydrogen) atoms. The van der Waals surface area contributed by atoms with Crippen molar-refractivity contribution in [3.8, 4) is 11.5 Å². The van der Waals surface area contributed by atoms with Gasteiger partial charge in [0.2, 0.25) is 5.91 Å². The number of hydrogen-bond acceptors (Lipinski definition) is 3. The number of nitrogens with two attached hydrogens (primary N) is 1. The van der Waals surface area contributed by atoms with Crippen molar-refractivity contribution in [3.63, 3.8) is 0 Å². The molecular weight excluding hydrogens is 294 g/mol. The molecule has 1 amide bonds. The van der Waals surface area contributed by atoms with E-state index in [-0.39, 0.29) is 16.5 Å². The van der Waals surface area contributed by atoms with E-state index in [1.165, 1.54) is 23.8 Å². The number of amides is 1. The third-order valence-corrected chi connectivity index (χ3v) is 3.44. The molecule has 0 heterocycles. The lowest BCUT2D eigenvalue weighted by molar-refractivity contribution is 0.0691. The number of carboxylic acids is 1. The zero-order valence-corrected chi connectivity index (χ0v) is 13.3. The first-order chi connectivity index (χ1) is 10.7. The predicted molar refractivity (Wildman–Crippen MR) is 87.1 cm³/mol. The molecule has 0 saturated heterocycles. The molecule has 0 atom stereocenters. The summed E-state index contributed by atoms with van der Waals surface area (Å²) in [6.07, 6.45) is 0. The normalized spacial score (nSPS) is 11.1. The van der Waals surface area contributed by atoms with E-state index in [0.717, 1.165) is 0 Å². The minimum absolute atomic E-state index is 0.0398. The molecule has 3 N–H and O–H groups in total. The van der Waals surface area contributed by atoms with Crippen LogP contribution in [0.1, 0.15) is 47.1 Å². The van der Waals surface area contributed by atoms with Crippen LogP contribution >= 0.6 is 0 Å². The Morgan fingerprint density at radius 3 is 2.00 bits per heavy atom. The number of carbonyl (C=O) groups excluding carboxylic acids is 1. The lowest BCUT2D eigenvalue weighted by Crippen LogP contribution is -2.16. The molecule has 2 aromatic carbocycles. The van der Waals surface area contributed by atoms with Gasteiger partial charge in [-0.3, -0.25) is 4.79 Å². The fourth-order valence-electron chi connectivity index (χ4n) is 2.14. The molecule has 0 aliphatic heterocycles. The van der Waals surface area contributed by atoms with E-state index in [0.29, 0.717) is 11.5 Å². The van der Waals surface area contributed by atoms with E-state index >= 15 is 0 Å². The Morgan fingerprint density at radius 2 is 1.52 bits per heavy atom. The van der Waals surface area contributed by atoms with Crippen LogP contribution in [0.15, 0.2) is 42.5 Å². The van der Waals surface area contributed by atoms with Gasteiger partial charge < -0.3 is 15.6 Å². The molecule has 2 aromatic rings. The number of primary amides is 1. The van der Waals surface area contributed by atoms with Crippen molar-refractivity contribution in [2.24, 2.45) is 5.73 Å². The summed E-state index contributed by atoms with van der Waals surface area (Å²) in [5.74, 6) is -1.10. The fraction of sp³-hybridized carbons (Fsp3) is 0.222. The summed E-state index contributed by atoms with van der Waals surface area (Å²) in [6.45, 7) is 6.35. The maximum atomic E-state index is 11.2. The maximum Gasteiger partial charge on any atom is 0.336 e. The molecule has 0 unspecified atom stereocenters. The topological polar surface area (TPSA) is 89.6 Å². The Kier molecular flexibility index (Phi) is 4.40. The SMILES string of the molecule is CC(C)(C)c1ccc(Oc2ccc(C(N)=O)c(C(=O)O)c2)cc1. The number of benzene rings is 2.